The molecule has 2 heteroatoms. The van der Waals surface area contributed by atoms with Crippen molar-refractivity contribution in [3.05, 3.63) is 41.0 Å². The lowest BCUT2D eigenvalue weighted by molar-refractivity contribution is 0.202. The molecule has 0 saturated carbocycles. The maximum atomic E-state index is 10.0. The van der Waals surface area contributed by atoms with Crippen LogP contribution >= 0.6 is 0 Å². The molecular formula is C15H18O2. The minimum atomic E-state index is 0.358. The Hall–Kier alpha value is -1.54. The Balaban J connectivity index is 2.61. The Morgan fingerprint density at radius 1 is 1.12 bits per heavy atom. The van der Waals surface area contributed by atoms with Gasteiger partial charge in [-0.15, -0.1) is 0 Å². The van der Waals surface area contributed by atoms with E-state index in [-0.39, 0.29) is 0 Å². The highest BCUT2D eigenvalue weighted by Crippen LogP contribution is 2.31. The first-order valence-corrected chi connectivity index (χ1v) is 5.84. The molecule has 0 heterocycles. The molecule has 2 aromatic carbocycles. The minimum absolute atomic E-state index is 0.358. The second-order valence-electron chi connectivity index (χ2n) is 4.47. The van der Waals surface area contributed by atoms with Crippen LogP contribution in [0, 0.1) is 13.8 Å². The molecule has 2 aromatic rings. The molecule has 0 aliphatic rings. The van der Waals surface area contributed by atoms with Gasteiger partial charge in [-0.3, -0.25) is 0 Å². The molecule has 0 unspecified atom stereocenters. The Morgan fingerprint density at radius 3 is 2.59 bits per heavy atom. The smallest absolute Gasteiger partial charge is 0.123 e. The van der Waals surface area contributed by atoms with Gasteiger partial charge < -0.3 is 9.84 Å². The average Bonchev–Trinajstić information content (AvgIpc) is 2.32. The summed E-state index contributed by atoms with van der Waals surface area (Å²) in [6, 6.07) is 7.98. The number of aromatic hydroxyl groups is 1. The fourth-order valence-electron chi connectivity index (χ4n) is 2.19. The lowest BCUT2D eigenvalue weighted by Crippen LogP contribution is -1.98. The van der Waals surface area contributed by atoms with Gasteiger partial charge in [0.2, 0.25) is 0 Å². The SMILES string of the molecule is COCCc1cc(O)c2ccc(C)cc2c1C. The van der Waals surface area contributed by atoms with E-state index < -0.39 is 0 Å². The molecule has 0 atom stereocenters. The second-order valence-corrected chi connectivity index (χ2v) is 4.47. The van der Waals surface area contributed by atoms with Crippen molar-refractivity contribution in [1.29, 1.82) is 0 Å². The summed E-state index contributed by atoms with van der Waals surface area (Å²) in [5.74, 6) is 0.358. The molecule has 0 aliphatic carbocycles. The summed E-state index contributed by atoms with van der Waals surface area (Å²) in [6.07, 6.45) is 0.833. The predicted molar refractivity (Wildman–Crippen MR) is 70.7 cm³/mol. The van der Waals surface area contributed by atoms with Crippen molar-refractivity contribution in [2.75, 3.05) is 13.7 Å². The van der Waals surface area contributed by atoms with Crippen LogP contribution in [-0.4, -0.2) is 18.8 Å². The van der Waals surface area contributed by atoms with Gasteiger partial charge in [-0.25, -0.2) is 0 Å². The first-order valence-electron chi connectivity index (χ1n) is 5.84. The topological polar surface area (TPSA) is 29.5 Å². The van der Waals surface area contributed by atoms with Crippen LogP contribution in [0.2, 0.25) is 0 Å². The van der Waals surface area contributed by atoms with Crippen molar-refractivity contribution in [3.8, 4) is 5.75 Å². The van der Waals surface area contributed by atoms with E-state index in [1.165, 1.54) is 11.1 Å². The van der Waals surface area contributed by atoms with Crippen LogP contribution in [0.15, 0.2) is 24.3 Å². The normalized spacial score (nSPS) is 11.0. The van der Waals surface area contributed by atoms with Crippen molar-refractivity contribution in [3.63, 3.8) is 0 Å². The van der Waals surface area contributed by atoms with Gasteiger partial charge in [0, 0.05) is 12.5 Å². The highest BCUT2D eigenvalue weighted by atomic mass is 16.5. The van der Waals surface area contributed by atoms with Crippen molar-refractivity contribution >= 4 is 10.8 Å². The number of hydrogen-bond donors (Lipinski definition) is 1. The minimum Gasteiger partial charge on any atom is -0.507 e. The lowest BCUT2D eigenvalue weighted by atomic mass is 9.96. The standard InChI is InChI=1S/C15H18O2/c1-10-4-5-13-14(8-10)11(2)12(6-7-17-3)9-15(13)16/h4-5,8-9,16H,6-7H2,1-3H3. The van der Waals surface area contributed by atoms with E-state index in [9.17, 15) is 5.11 Å². The maximum Gasteiger partial charge on any atom is 0.123 e. The third kappa shape index (κ3) is 2.27. The zero-order chi connectivity index (χ0) is 12.4. The Morgan fingerprint density at radius 2 is 1.88 bits per heavy atom. The number of rotatable bonds is 3. The summed E-state index contributed by atoms with van der Waals surface area (Å²) in [4.78, 5) is 0. The Kier molecular flexibility index (Phi) is 3.34. The van der Waals surface area contributed by atoms with E-state index in [4.69, 9.17) is 4.74 Å². The molecule has 2 nitrogen and oxygen atoms in total. The summed E-state index contributed by atoms with van der Waals surface area (Å²) in [7, 11) is 1.69. The van der Waals surface area contributed by atoms with Gasteiger partial charge in [0.1, 0.15) is 5.75 Å². The van der Waals surface area contributed by atoms with Gasteiger partial charge in [0.15, 0.2) is 0 Å². The van der Waals surface area contributed by atoms with Crippen molar-refractivity contribution in [2.45, 2.75) is 20.3 Å². The van der Waals surface area contributed by atoms with Crippen LogP contribution in [0.3, 0.4) is 0 Å². The highest BCUT2D eigenvalue weighted by Gasteiger charge is 2.08. The number of ether oxygens (including phenoxy) is 1. The fourth-order valence-corrected chi connectivity index (χ4v) is 2.19. The molecule has 0 spiro atoms. The van der Waals surface area contributed by atoms with Crippen LogP contribution in [0.4, 0.5) is 0 Å². The summed E-state index contributed by atoms with van der Waals surface area (Å²) in [5.41, 5.74) is 3.60. The summed E-state index contributed by atoms with van der Waals surface area (Å²) < 4.78 is 5.09. The molecule has 0 aromatic heterocycles. The van der Waals surface area contributed by atoms with Gasteiger partial charge in [-0.2, -0.15) is 0 Å². The predicted octanol–water partition coefficient (Wildman–Crippen LogP) is 3.35. The number of benzene rings is 2. The quantitative estimate of drug-likeness (QED) is 0.876. The summed E-state index contributed by atoms with van der Waals surface area (Å²) in [6.45, 7) is 4.85. The van der Waals surface area contributed by atoms with Gasteiger partial charge in [0.25, 0.3) is 0 Å². The molecule has 2 rings (SSSR count). The largest absolute Gasteiger partial charge is 0.507 e. The number of hydrogen-bond acceptors (Lipinski definition) is 2. The van der Waals surface area contributed by atoms with Crippen molar-refractivity contribution in [1.82, 2.24) is 0 Å². The number of aryl methyl sites for hydroxylation is 2. The molecule has 0 saturated heterocycles. The number of fused-ring (bicyclic) bond motifs is 1. The molecule has 0 aliphatic heterocycles. The first-order chi connectivity index (χ1) is 8.13. The number of methoxy groups -OCH3 is 1. The van der Waals surface area contributed by atoms with Crippen molar-refractivity contribution in [2.24, 2.45) is 0 Å². The molecule has 17 heavy (non-hydrogen) atoms. The first kappa shape index (κ1) is 11.9. The van der Waals surface area contributed by atoms with Gasteiger partial charge in [0.05, 0.1) is 6.61 Å². The van der Waals surface area contributed by atoms with Gasteiger partial charge in [-0.05, 0) is 42.8 Å². The van der Waals surface area contributed by atoms with Crippen molar-refractivity contribution < 1.29 is 9.84 Å². The highest BCUT2D eigenvalue weighted by molar-refractivity contribution is 5.92. The zero-order valence-corrected chi connectivity index (χ0v) is 10.6. The Bertz CT molecular complexity index is 544. The number of phenolic OH excluding ortho intramolecular Hbond substituents is 1. The van der Waals surface area contributed by atoms with E-state index in [0.717, 1.165) is 22.8 Å². The monoisotopic (exact) mass is 230 g/mol. The molecule has 0 fully saturated rings. The fraction of sp³-hybridized carbons (Fsp3) is 0.333. The molecule has 0 radical (unpaired) electrons. The molecule has 0 bridgehead atoms. The van der Waals surface area contributed by atoms with Gasteiger partial charge in [-0.1, -0.05) is 23.8 Å². The van der Waals surface area contributed by atoms with Crippen LogP contribution in [0.1, 0.15) is 16.7 Å². The van der Waals surface area contributed by atoms with E-state index in [0.29, 0.717) is 12.4 Å². The third-order valence-corrected chi connectivity index (χ3v) is 3.22. The second kappa shape index (κ2) is 4.76. The van der Waals surface area contributed by atoms with E-state index in [1.807, 2.05) is 18.2 Å². The Labute approximate surface area is 102 Å². The zero-order valence-electron chi connectivity index (χ0n) is 10.6. The van der Waals surface area contributed by atoms with Crippen LogP contribution in [0.25, 0.3) is 10.8 Å². The van der Waals surface area contributed by atoms with Crippen LogP contribution in [0.5, 0.6) is 5.75 Å². The molecule has 90 valence electrons. The summed E-state index contributed by atoms with van der Waals surface area (Å²) >= 11 is 0. The van der Waals surface area contributed by atoms with E-state index in [2.05, 4.69) is 19.9 Å². The summed E-state index contributed by atoms with van der Waals surface area (Å²) in [5, 5.41) is 12.1. The van der Waals surface area contributed by atoms with E-state index >= 15 is 0 Å². The van der Waals surface area contributed by atoms with Crippen LogP contribution < -0.4 is 0 Å². The van der Waals surface area contributed by atoms with Gasteiger partial charge >= 0.3 is 0 Å². The molecule has 1 N–H and O–H groups in total. The third-order valence-electron chi connectivity index (χ3n) is 3.22. The van der Waals surface area contributed by atoms with E-state index in [1.54, 1.807) is 7.11 Å². The number of phenols is 1. The molecule has 0 amide bonds. The average molecular weight is 230 g/mol. The molecular weight excluding hydrogens is 212 g/mol. The lowest BCUT2D eigenvalue weighted by Gasteiger charge is -2.11. The maximum absolute atomic E-state index is 10.0. The van der Waals surface area contributed by atoms with Crippen LogP contribution in [-0.2, 0) is 11.2 Å².